The van der Waals surface area contributed by atoms with E-state index in [0.29, 0.717) is 23.0 Å². The SMILES string of the molecule is COc1cc(-n2cc(-c3ccc(OCC(F)(F)F)cc3)nn2)ncn1. The summed E-state index contributed by atoms with van der Waals surface area (Å²) in [6.45, 7) is -1.34. The molecule has 25 heavy (non-hydrogen) atoms. The molecule has 2 aromatic heterocycles. The van der Waals surface area contributed by atoms with E-state index in [2.05, 4.69) is 25.0 Å². The zero-order chi connectivity index (χ0) is 17.9. The van der Waals surface area contributed by atoms with Gasteiger partial charge in [0.15, 0.2) is 12.4 Å². The molecule has 7 nitrogen and oxygen atoms in total. The van der Waals surface area contributed by atoms with Crippen molar-refractivity contribution in [2.24, 2.45) is 0 Å². The van der Waals surface area contributed by atoms with Gasteiger partial charge in [-0.2, -0.15) is 13.2 Å². The van der Waals surface area contributed by atoms with Crippen LogP contribution in [0.25, 0.3) is 17.1 Å². The van der Waals surface area contributed by atoms with Gasteiger partial charge in [-0.3, -0.25) is 0 Å². The topological polar surface area (TPSA) is 75.0 Å². The van der Waals surface area contributed by atoms with Crippen molar-refractivity contribution < 1.29 is 22.6 Å². The highest BCUT2D eigenvalue weighted by molar-refractivity contribution is 5.59. The average Bonchev–Trinajstić information content (AvgIpc) is 3.10. The van der Waals surface area contributed by atoms with Crippen LogP contribution in [0.15, 0.2) is 42.9 Å². The van der Waals surface area contributed by atoms with Crippen molar-refractivity contribution in [2.75, 3.05) is 13.7 Å². The van der Waals surface area contributed by atoms with Crippen LogP contribution in [0.2, 0.25) is 0 Å². The number of methoxy groups -OCH3 is 1. The minimum Gasteiger partial charge on any atom is -0.484 e. The van der Waals surface area contributed by atoms with Gasteiger partial charge >= 0.3 is 6.18 Å². The van der Waals surface area contributed by atoms with E-state index in [9.17, 15) is 13.2 Å². The molecule has 0 spiro atoms. The first-order valence-electron chi connectivity index (χ1n) is 7.03. The highest BCUT2D eigenvalue weighted by Crippen LogP contribution is 2.23. The van der Waals surface area contributed by atoms with Crippen LogP contribution in [0, 0.1) is 0 Å². The molecule has 10 heteroatoms. The number of ether oxygens (including phenoxy) is 2. The second kappa shape index (κ2) is 6.75. The molecule has 0 atom stereocenters. The molecule has 0 amide bonds. The van der Waals surface area contributed by atoms with E-state index in [1.54, 1.807) is 24.4 Å². The summed E-state index contributed by atoms with van der Waals surface area (Å²) in [6.07, 6.45) is -1.41. The lowest BCUT2D eigenvalue weighted by molar-refractivity contribution is -0.153. The van der Waals surface area contributed by atoms with E-state index in [1.165, 1.54) is 30.3 Å². The van der Waals surface area contributed by atoms with Crippen LogP contribution in [0.3, 0.4) is 0 Å². The van der Waals surface area contributed by atoms with Gasteiger partial charge in [0.1, 0.15) is 17.8 Å². The van der Waals surface area contributed by atoms with Gasteiger partial charge in [0, 0.05) is 11.6 Å². The number of nitrogens with zero attached hydrogens (tertiary/aromatic N) is 5. The molecule has 0 unspecified atom stereocenters. The van der Waals surface area contributed by atoms with Crippen molar-refractivity contribution in [3.8, 4) is 28.7 Å². The van der Waals surface area contributed by atoms with Crippen LogP contribution in [0.5, 0.6) is 11.6 Å². The summed E-state index contributed by atoms with van der Waals surface area (Å²) in [4.78, 5) is 7.97. The number of alkyl halides is 3. The third-order valence-corrected chi connectivity index (χ3v) is 3.12. The van der Waals surface area contributed by atoms with Crippen LogP contribution in [0.4, 0.5) is 13.2 Å². The Morgan fingerprint density at radius 2 is 1.88 bits per heavy atom. The van der Waals surface area contributed by atoms with Crippen molar-refractivity contribution in [3.05, 3.63) is 42.9 Å². The molecule has 0 aliphatic rings. The summed E-state index contributed by atoms with van der Waals surface area (Å²) < 4.78 is 47.5. The number of rotatable bonds is 5. The maximum Gasteiger partial charge on any atom is 0.422 e. The Hall–Kier alpha value is -3.17. The second-order valence-corrected chi connectivity index (χ2v) is 4.90. The van der Waals surface area contributed by atoms with Gasteiger partial charge in [-0.15, -0.1) is 5.10 Å². The van der Waals surface area contributed by atoms with Gasteiger partial charge in [-0.05, 0) is 24.3 Å². The van der Waals surface area contributed by atoms with Crippen molar-refractivity contribution in [3.63, 3.8) is 0 Å². The molecular weight excluding hydrogens is 339 g/mol. The summed E-state index contributed by atoms with van der Waals surface area (Å²) in [5, 5.41) is 7.99. The lowest BCUT2D eigenvalue weighted by atomic mass is 10.2. The molecule has 0 N–H and O–H groups in total. The lowest BCUT2D eigenvalue weighted by Gasteiger charge is -2.09. The molecule has 3 aromatic rings. The summed E-state index contributed by atoms with van der Waals surface area (Å²) in [6, 6.07) is 7.66. The first kappa shape index (κ1) is 16.7. The molecule has 1 aromatic carbocycles. The zero-order valence-electron chi connectivity index (χ0n) is 12.9. The molecule has 130 valence electrons. The minimum absolute atomic E-state index is 0.119. The summed E-state index contributed by atoms with van der Waals surface area (Å²) in [5.74, 6) is 0.970. The van der Waals surface area contributed by atoms with Crippen LogP contribution in [-0.4, -0.2) is 44.9 Å². The fraction of sp³-hybridized carbons (Fsp3) is 0.200. The molecule has 0 saturated carbocycles. The number of benzene rings is 1. The van der Waals surface area contributed by atoms with Crippen LogP contribution < -0.4 is 9.47 Å². The standard InChI is InChI=1S/C15H12F3N5O2/c1-24-14-6-13(19-9-20-14)23-7-12(21-22-23)10-2-4-11(5-3-10)25-8-15(16,17)18/h2-7,9H,8H2,1H3. The number of aromatic nitrogens is 5. The molecule has 0 fully saturated rings. The second-order valence-electron chi connectivity index (χ2n) is 4.90. The Kier molecular flexibility index (Phi) is 4.50. The van der Waals surface area contributed by atoms with Crippen LogP contribution in [-0.2, 0) is 0 Å². The van der Waals surface area contributed by atoms with Gasteiger partial charge in [0.25, 0.3) is 0 Å². The Morgan fingerprint density at radius 3 is 2.56 bits per heavy atom. The van der Waals surface area contributed by atoms with Crippen molar-refractivity contribution in [1.29, 1.82) is 0 Å². The van der Waals surface area contributed by atoms with Gasteiger partial charge in [0.05, 0.1) is 13.3 Å². The molecule has 3 rings (SSSR count). The third-order valence-electron chi connectivity index (χ3n) is 3.12. The first-order valence-corrected chi connectivity index (χ1v) is 7.03. The van der Waals surface area contributed by atoms with Crippen molar-refractivity contribution in [1.82, 2.24) is 25.0 Å². The highest BCUT2D eigenvalue weighted by atomic mass is 19.4. The molecule has 0 aliphatic heterocycles. The van der Waals surface area contributed by atoms with Crippen LogP contribution >= 0.6 is 0 Å². The number of halogens is 3. The van der Waals surface area contributed by atoms with Gasteiger partial charge in [-0.25, -0.2) is 14.6 Å². The molecule has 0 saturated heterocycles. The largest absolute Gasteiger partial charge is 0.484 e. The number of hydrogen-bond acceptors (Lipinski definition) is 6. The van der Waals surface area contributed by atoms with Crippen molar-refractivity contribution in [2.45, 2.75) is 6.18 Å². The monoisotopic (exact) mass is 351 g/mol. The summed E-state index contributed by atoms with van der Waals surface area (Å²) >= 11 is 0. The maximum atomic E-state index is 12.1. The zero-order valence-corrected chi connectivity index (χ0v) is 12.9. The summed E-state index contributed by atoms with van der Waals surface area (Å²) in [5.41, 5.74) is 1.20. The van der Waals surface area contributed by atoms with E-state index in [4.69, 9.17) is 4.74 Å². The van der Waals surface area contributed by atoms with E-state index >= 15 is 0 Å². The van der Waals surface area contributed by atoms with Gasteiger partial charge in [0.2, 0.25) is 5.88 Å². The predicted molar refractivity (Wildman–Crippen MR) is 80.5 cm³/mol. The number of hydrogen-bond donors (Lipinski definition) is 0. The third kappa shape index (κ3) is 4.22. The maximum absolute atomic E-state index is 12.1. The summed E-state index contributed by atoms with van der Waals surface area (Å²) in [7, 11) is 1.49. The quantitative estimate of drug-likeness (QED) is 0.704. The highest BCUT2D eigenvalue weighted by Gasteiger charge is 2.28. The Balaban J connectivity index is 1.75. The minimum atomic E-state index is -4.38. The Labute approximate surface area is 140 Å². The van der Waals surface area contributed by atoms with Crippen LogP contribution in [0.1, 0.15) is 0 Å². The molecule has 0 radical (unpaired) electrons. The fourth-order valence-electron chi connectivity index (χ4n) is 1.96. The molecular formula is C15H12F3N5O2. The van der Waals surface area contributed by atoms with E-state index in [0.717, 1.165) is 0 Å². The average molecular weight is 351 g/mol. The molecule has 0 bridgehead atoms. The fourth-order valence-corrected chi connectivity index (χ4v) is 1.96. The Bertz CT molecular complexity index is 849. The van der Waals surface area contributed by atoms with Gasteiger partial charge in [-0.1, -0.05) is 5.21 Å². The Morgan fingerprint density at radius 1 is 1.12 bits per heavy atom. The smallest absolute Gasteiger partial charge is 0.422 e. The van der Waals surface area contributed by atoms with Crippen molar-refractivity contribution >= 4 is 0 Å². The van der Waals surface area contributed by atoms with E-state index < -0.39 is 12.8 Å². The first-order chi connectivity index (χ1) is 11.9. The van der Waals surface area contributed by atoms with E-state index in [1.807, 2.05) is 0 Å². The predicted octanol–water partition coefficient (Wildman–Crippen LogP) is 2.67. The molecule has 0 aliphatic carbocycles. The lowest BCUT2D eigenvalue weighted by Crippen LogP contribution is -2.19. The molecule has 2 heterocycles. The van der Waals surface area contributed by atoms with Gasteiger partial charge < -0.3 is 9.47 Å². The normalized spacial score (nSPS) is 11.4. The van der Waals surface area contributed by atoms with E-state index in [-0.39, 0.29) is 5.75 Å².